The number of nitrogens with zero attached hydrogens (tertiary/aromatic N) is 4. The monoisotopic (exact) mass is 302 g/mol. The maximum Gasteiger partial charge on any atom is 0.406 e. The number of aromatic nitrogens is 2. The van der Waals surface area contributed by atoms with E-state index in [0.29, 0.717) is 5.82 Å². The predicted molar refractivity (Wildman–Crippen MR) is 82.2 cm³/mol. The summed E-state index contributed by atoms with van der Waals surface area (Å²) in [6.45, 7) is 0.767. The lowest BCUT2D eigenvalue weighted by molar-refractivity contribution is -0.388. The van der Waals surface area contributed by atoms with Crippen molar-refractivity contribution in [2.45, 2.75) is 18.9 Å². The number of aryl methyl sites for hydroxylation is 1. The highest BCUT2D eigenvalue weighted by atomic mass is 16.6. The van der Waals surface area contributed by atoms with Crippen molar-refractivity contribution in [2.75, 3.05) is 18.6 Å². The molecular formula is C15H18N4O3. The molecule has 0 unspecified atom stereocenters. The van der Waals surface area contributed by atoms with Crippen molar-refractivity contribution in [1.82, 2.24) is 9.55 Å². The van der Waals surface area contributed by atoms with Crippen LogP contribution in [0.2, 0.25) is 0 Å². The SMILES string of the molecule is COc1ccccc1[C@@H]1CCCN1c1c([N+](=O)[O-])ncn1C. The third kappa shape index (κ3) is 2.28. The summed E-state index contributed by atoms with van der Waals surface area (Å²) in [5, 5.41) is 11.2. The van der Waals surface area contributed by atoms with E-state index < -0.39 is 4.92 Å². The number of ether oxygens (including phenoxy) is 1. The quantitative estimate of drug-likeness (QED) is 0.641. The molecular weight excluding hydrogens is 284 g/mol. The fourth-order valence-electron chi connectivity index (χ4n) is 3.16. The summed E-state index contributed by atoms with van der Waals surface area (Å²) in [6, 6.07) is 7.89. The third-order valence-corrected chi connectivity index (χ3v) is 4.08. The van der Waals surface area contributed by atoms with Gasteiger partial charge in [-0.15, -0.1) is 0 Å². The van der Waals surface area contributed by atoms with Crippen molar-refractivity contribution in [1.29, 1.82) is 0 Å². The lowest BCUT2D eigenvalue weighted by Gasteiger charge is -2.27. The van der Waals surface area contributed by atoms with Gasteiger partial charge in [0, 0.05) is 19.2 Å². The Morgan fingerprint density at radius 3 is 2.91 bits per heavy atom. The lowest BCUT2D eigenvalue weighted by Crippen LogP contribution is -2.25. The number of nitro groups is 1. The summed E-state index contributed by atoms with van der Waals surface area (Å²) >= 11 is 0. The van der Waals surface area contributed by atoms with Crippen LogP contribution in [0.25, 0.3) is 0 Å². The fourth-order valence-corrected chi connectivity index (χ4v) is 3.16. The number of anilines is 1. The Balaban J connectivity index is 2.04. The van der Waals surface area contributed by atoms with E-state index in [1.165, 1.54) is 6.33 Å². The van der Waals surface area contributed by atoms with Crippen LogP contribution in [0.5, 0.6) is 5.75 Å². The Hall–Kier alpha value is -2.57. The van der Waals surface area contributed by atoms with Gasteiger partial charge >= 0.3 is 5.82 Å². The maximum atomic E-state index is 11.2. The van der Waals surface area contributed by atoms with Gasteiger partial charge in [0.05, 0.1) is 13.2 Å². The van der Waals surface area contributed by atoms with Gasteiger partial charge in [0.25, 0.3) is 0 Å². The van der Waals surface area contributed by atoms with E-state index in [-0.39, 0.29) is 11.9 Å². The molecule has 1 aliphatic rings. The van der Waals surface area contributed by atoms with E-state index in [1.807, 2.05) is 24.3 Å². The molecule has 0 aliphatic carbocycles. The molecule has 116 valence electrons. The minimum absolute atomic E-state index is 0.0604. The molecule has 1 atom stereocenters. The number of hydrogen-bond acceptors (Lipinski definition) is 5. The first kappa shape index (κ1) is 14.4. The molecule has 1 aliphatic heterocycles. The molecule has 7 heteroatoms. The van der Waals surface area contributed by atoms with E-state index in [9.17, 15) is 10.1 Å². The molecule has 0 radical (unpaired) electrons. The number of benzene rings is 1. The first-order chi connectivity index (χ1) is 10.6. The summed E-state index contributed by atoms with van der Waals surface area (Å²) in [5.41, 5.74) is 1.05. The van der Waals surface area contributed by atoms with Crippen LogP contribution in [0.4, 0.5) is 11.6 Å². The second-order valence-corrected chi connectivity index (χ2v) is 5.35. The van der Waals surface area contributed by atoms with Gasteiger partial charge in [-0.2, -0.15) is 0 Å². The molecule has 0 amide bonds. The zero-order valence-electron chi connectivity index (χ0n) is 12.6. The van der Waals surface area contributed by atoms with Crippen molar-refractivity contribution in [2.24, 2.45) is 7.05 Å². The van der Waals surface area contributed by atoms with Gasteiger partial charge in [-0.25, -0.2) is 0 Å². The minimum Gasteiger partial charge on any atom is -0.496 e. The average Bonchev–Trinajstić information content (AvgIpc) is 3.13. The van der Waals surface area contributed by atoms with Gasteiger partial charge in [-0.3, -0.25) is 4.57 Å². The smallest absolute Gasteiger partial charge is 0.406 e. The number of imidazole rings is 1. The van der Waals surface area contributed by atoms with Gasteiger partial charge in [0.15, 0.2) is 0 Å². The Morgan fingerprint density at radius 2 is 2.18 bits per heavy atom. The standard InChI is InChI=1S/C15H18N4O3/c1-17-10-16-14(19(20)21)15(17)18-9-5-7-12(18)11-6-3-4-8-13(11)22-2/h3-4,6,8,10,12H,5,7,9H2,1-2H3/t12-/m0/s1. The molecule has 3 rings (SSSR count). The minimum atomic E-state index is -0.424. The highest BCUT2D eigenvalue weighted by molar-refractivity contribution is 5.58. The van der Waals surface area contributed by atoms with Crippen molar-refractivity contribution >= 4 is 11.6 Å². The van der Waals surface area contributed by atoms with Gasteiger partial charge in [0.2, 0.25) is 12.1 Å². The first-order valence-corrected chi connectivity index (χ1v) is 7.18. The molecule has 0 N–H and O–H groups in total. The number of hydrogen-bond donors (Lipinski definition) is 0. The zero-order chi connectivity index (χ0) is 15.7. The average molecular weight is 302 g/mol. The normalized spacial score (nSPS) is 17.7. The maximum absolute atomic E-state index is 11.2. The molecule has 1 saturated heterocycles. The van der Waals surface area contributed by atoms with Crippen LogP contribution in [0.15, 0.2) is 30.6 Å². The van der Waals surface area contributed by atoms with E-state index >= 15 is 0 Å². The molecule has 1 fully saturated rings. The van der Waals surface area contributed by atoms with Crippen LogP contribution in [-0.4, -0.2) is 28.1 Å². The number of para-hydroxylation sites is 1. The van der Waals surface area contributed by atoms with Crippen LogP contribution >= 0.6 is 0 Å². The molecule has 0 saturated carbocycles. The van der Waals surface area contributed by atoms with Gasteiger partial charge in [-0.05, 0) is 28.8 Å². The van der Waals surface area contributed by atoms with Crippen LogP contribution in [0.3, 0.4) is 0 Å². The molecule has 0 bridgehead atoms. The van der Waals surface area contributed by atoms with Crippen molar-refractivity contribution in [3.63, 3.8) is 0 Å². The summed E-state index contributed by atoms with van der Waals surface area (Å²) in [4.78, 5) is 16.8. The van der Waals surface area contributed by atoms with Crippen LogP contribution < -0.4 is 9.64 Å². The van der Waals surface area contributed by atoms with Crippen LogP contribution in [-0.2, 0) is 7.05 Å². The number of methoxy groups -OCH3 is 1. The Kier molecular flexibility index (Phi) is 3.70. The summed E-state index contributed by atoms with van der Waals surface area (Å²) in [7, 11) is 3.43. The zero-order valence-corrected chi connectivity index (χ0v) is 12.6. The Morgan fingerprint density at radius 1 is 1.41 bits per heavy atom. The Bertz CT molecular complexity index is 698. The molecule has 22 heavy (non-hydrogen) atoms. The van der Waals surface area contributed by atoms with E-state index in [0.717, 1.165) is 30.7 Å². The van der Waals surface area contributed by atoms with E-state index in [1.54, 1.807) is 18.7 Å². The first-order valence-electron chi connectivity index (χ1n) is 7.18. The van der Waals surface area contributed by atoms with Gasteiger partial charge in [-0.1, -0.05) is 18.2 Å². The van der Waals surface area contributed by atoms with Crippen LogP contribution in [0.1, 0.15) is 24.4 Å². The molecule has 7 nitrogen and oxygen atoms in total. The van der Waals surface area contributed by atoms with Gasteiger partial charge < -0.3 is 19.8 Å². The lowest BCUT2D eigenvalue weighted by atomic mass is 10.0. The highest BCUT2D eigenvalue weighted by Crippen LogP contribution is 2.42. The molecule has 1 aromatic carbocycles. The molecule has 0 spiro atoms. The van der Waals surface area contributed by atoms with Gasteiger partial charge in [0.1, 0.15) is 5.75 Å². The Labute approximate surface area is 128 Å². The summed E-state index contributed by atoms with van der Waals surface area (Å²) in [6.07, 6.45) is 3.40. The predicted octanol–water partition coefficient (Wildman–Crippen LogP) is 2.68. The second kappa shape index (κ2) is 5.67. The topological polar surface area (TPSA) is 73.4 Å². The second-order valence-electron chi connectivity index (χ2n) is 5.35. The molecule has 2 aromatic rings. The number of rotatable bonds is 4. The van der Waals surface area contributed by atoms with E-state index in [4.69, 9.17) is 4.74 Å². The largest absolute Gasteiger partial charge is 0.496 e. The summed E-state index contributed by atoms with van der Waals surface area (Å²) < 4.78 is 7.16. The third-order valence-electron chi connectivity index (χ3n) is 4.08. The fraction of sp³-hybridized carbons (Fsp3) is 0.400. The van der Waals surface area contributed by atoms with Crippen molar-refractivity contribution in [3.05, 3.63) is 46.3 Å². The highest BCUT2D eigenvalue weighted by Gasteiger charge is 2.35. The van der Waals surface area contributed by atoms with Crippen LogP contribution in [0, 0.1) is 10.1 Å². The summed E-state index contributed by atoms with van der Waals surface area (Å²) in [5.74, 6) is 1.27. The molecule has 1 aromatic heterocycles. The molecule has 2 heterocycles. The van der Waals surface area contributed by atoms with Crippen molar-refractivity contribution in [3.8, 4) is 5.75 Å². The van der Waals surface area contributed by atoms with E-state index in [2.05, 4.69) is 9.88 Å². The van der Waals surface area contributed by atoms with Crippen molar-refractivity contribution < 1.29 is 9.66 Å².